The first-order valence-electron chi connectivity index (χ1n) is 10.1. The van der Waals surface area contributed by atoms with E-state index in [2.05, 4.69) is 0 Å². The number of rotatable bonds is 6. The van der Waals surface area contributed by atoms with Gasteiger partial charge in [0.05, 0.1) is 25.9 Å². The second-order valence-electron chi connectivity index (χ2n) is 6.87. The summed E-state index contributed by atoms with van der Waals surface area (Å²) in [5.74, 6) is -0.685. The van der Waals surface area contributed by atoms with E-state index in [1.807, 2.05) is 0 Å². The van der Waals surface area contributed by atoms with Crippen LogP contribution in [0, 0.1) is 0 Å². The monoisotopic (exact) mass is 438 g/mol. The lowest BCUT2D eigenvalue weighted by Gasteiger charge is -2.20. The van der Waals surface area contributed by atoms with Crippen molar-refractivity contribution in [1.29, 1.82) is 0 Å². The van der Waals surface area contributed by atoms with E-state index in [1.54, 1.807) is 50.2 Å². The third-order valence-electron chi connectivity index (χ3n) is 5.11. The Hall–Kier alpha value is -3.94. The van der Waals surface area contributed by atoms with Crippen molar-refractivity contribution < 1.29 is 38.4 Å². The normalized spacial score (nSPS) is 12.0. The van der Waals surface area contributed by atoms with E-state index in [0.717, 1.165) is 0 Å². The fourth-order valence-corrected chi connectivity index (χ4v) is 3.80. The maximum absolute atomic E-state index is 13.2. The number of carbonyl (C=O) groups is 2. The zero-order valence-corrected chi connectivity index (χ0v) is 17.9. The molecule has 0 atom stereocenters. The maximum Gasteiger partial charge on any atom is 0.342 e. The largest absolute Gasteiger partial charge is 0.506 e. The van der Waals surface area contributed by atoms with Crippen molar-refractivity contribution in [1.82, 2.24) is 0 Å². The number of phenols is 1. The van der Waals surface area contributed by atoms with Crippen molar-refractivity contribution in [3.63, 3.8) is 0 Å². The predicted octanol–water partition coefficient (Wildman–Crippen LogP) is 4.30. The number of benzene rings is 3. The second-order valence-corrected chi connectivity index (χ2v) is 6.87. The highest BCUT2D eigenvalue weighted by molar-refractivity contribution is 6.19. The van der Waals surface area contributed by atoms with E-state index in [4.69, 9.17) is 23.7 Å². The Morgan fingerprint density at radius 2 is 1.53 bits per heavy atom. The van der Waals surface area contributed by atoms with E-state index in [-0.39, 0.29) is 31.1 Å². The highest BCUT2D eigenvalue weighted by atomic mass is 16.7. The number of aromatic hydroxyl groups is 1. The lowest BCUT2D eigenvalue weighted by Crippen LogP contribution is -2.16. The van der Waals surface area contributed by atoms with E-state index in [0.29, 0.717) is 39.1 Å². The Morgan fingerprint density at radius 3 is 2.16 bits per heavy atom. The minimum Gasteiger partial charge on any atom is -0.506 e. The zero-order valence-electron chi connectivity index (χ0n) is 17.9. The molecular weight excluding hydrogens is 416 g/mol. The number of phenolic OH excluding ortho intramolecular Hbond substituents is 1. The molecule has 0 fully saturated rings. The van der Waals surface area contributed by atoms with Gasteiger partial charge in [0.2, 0.25) is 6.79 Å². The number of ether oxygens (including phenoxy) is 5. The number of methoxy groups -OCH3 is 1. The number of hydrogen-bond donors (Lipinski definition) is 1. The van der Waals surface area contributed by atoms with Crippen molar-refractivity contribution >= 4 is 22.7 Å². The molecule has 0 saturated carbocycles. The molecule has 166 valence electrons. The number of esters is 2. The van der Waals surface area contributed by atoms with Gasteiger partial charge in [0.25, 0.3) is 0 Å². The summed E-state index contributed by atoms with van der Waals surface area (Å²) in [6.45, 7) is 3.45. The Bertz CT molecular complexity index is 1210. The molecule has 1 heterocycles. The molecule has 0 amide bonds. The lowest BCUT2D eigenvalue weighted by atomic mass is 9.88. The molecule has 3 aromatic carbocycles. The maximum atomic E-state index is 13.2. The van der Waals surface area contributed by atoms with Gasteiger partial charge in [0.15, 0.2) is 11.5 Å². The minimum atomic E-state index is -0.844. The molecule has 0 spiro atoms. The standard InChI is InChI=1S/C24H22O8/c1-4-29-23(26)20-19(13-8-6-7-9-16(13)28-3)14-10-17-18(32-12-31-17)11-15(14)22(25)21(20)24(27)30-5-2/h6-11,25H,4-5,12H2,1-3H3. The molecule has 1 N–H and O–H groups in total. The molecule has 0 aliphatic carbocycles. The third kappa shape index (κ3) is 3.43. The van der Waals surface area contributed by atoms with Gasteiger partial charge in [-0.25, -0.2) is 9.59 Å². The van der Waals surface area contributed by atoms with E-state index < -0.39 is 17.7 Å². The number of hydrogen-bond acceptors (Lipinski definition) is 8. The van der Waals surface area contributed by atoms with Crippen LogP contribution in [0.15, 0.2) is 36.4 Å². The first-order chi connectivity index (χ1) is 15.5. The molecule has 0 unspecified atom stereocenters. The highest BCUT2D eigenvalue weighted by Gasteiger charge is 2.33. The SMILES string of the molecule is CCOC(=O)c1c(C(=O)OCC)c(-c2ccccc2OC)c2cc3c(cc2c1O)OCO3. The van der Waals surface area contributed by atoms with E-state index in [9.17, 15) is 14.7 Å². The number of fused-ring (bicyclic) bond motifs is 2. The van der Waals surface area contributed by atoms with Crippen molar-refractivity contribution in [3.05, 3.63) is 47.5 Å². The van der Waals surface area contributed by atoms with Crippen LogP contribution < -0.4 is 14.2 Å². The molecule has 32 heavy (non-hydrogen) atoms. The summed E-state index contributed by atoms with van der Waals surface area (Å²) in [4.78, 5) is 26.1. The summed E-state index contributed by atoms with van der Waals surface area (Å²) < 4.78 is 26.9. The lowest BCUT2D eigenvalue weighted by molar-refractivity contribution is 0.0477. The van der Waals surface area contributed by atoms with Gasteiger partial charge in [-0.3, -0.25) is 0 Å². The van der Waals surface area contributed by atoms with Crippen LogP contribution in [-0.4, -0.2) is 44.2 Å². The average molecular weight is 438 g/mol. The minimum absolute atomic E-state index is 0.0197. The van der Waals surface area contributed by atoms with Crippen molar-refractivity contribution in [2.75, 3.05) is 27.1 Å². The van der Waals surface area contributed by atoms with Gasteiger partial charge in [-0.15, -0.1) is 0 Å². The van der Waals surface area contributed by atoms with Crippen LogP contribution >= 0.6 is 0 Å². The Morgan fingerprint density at radius 1 is 0.938 bits per heavy atom. The van der Waals surface area contributed by atoms with Gasteiger partial charge in [0, 0.05) is 16.5 Å². The summed E-state index contributed by atoms with van der Waals surface area (Å²) in [5, 5.41) is 11.9. The van der Waals surface area contributed by atoms with Gasteiger partial charge in [0.1, 0.15) is 17.1 Å². The fourth-order valence-electron chi connectivity index (χ4n) is 3.80. The van der Waals surface area contributed by atoms with Gasteiger partial charge >= 0.3 is 11.9 Å². The van der Waals surface area contributed by atoms with Crippen LogP contribution in [0.5, 0.6) is 23.0 Å². The molecule has 4 rings (SSSR count). The Kier molecular flexibility index (Phi) is 5.77. The number of para-hydroxylation sites is 1. The van der Waals surface area contributed by atoms with Gasteiger partial charge in [-0.2, -0.15) is 0 Å². The summed E-state index contributed by atoms with van der Waals surface area (Å²) in [5.41, 5.74) is 0.499. The predicted molar refractivity (Wildman–Crippen MR) is 116 cm³/mol. The van der Waals surface area contributed by atoms with Gasteiger partial charge < -0.3 is 28.8 Å². The van der Waals surface area contributed by atoms with Crippen LogP contribution in [0.3, 0.4) is 0 Å². The summed E-state index contributed by atoms with van der Waals surface area (Å²) in [6.07, 6.45) is 0. The van der Waals surface area contributed by atoms with Crippen LogP contribution in [0.2, 0.25) is 0 Å². The van der Waals surface area contributed by atoms with Crippen LogP contribution in [0.25, 0.3) is 21.9 Å². The molecule has 1 aliphatic heterocycles. The zero-order chi connectivity index (χ0) is 22.8. The average Bonchev–Trinajstić information content (AvgIpc) is 3.25. The molecular formula is C24H22O8. The first-order valence-corrected chi connectivity index (χ1v) is 10.1. The van der Waals surface area contributed by atoms with Crippen LogP contribution in [0.4, 0.5) is 0 Å². The molecule has 0 bridgehead atoms. The smallest absolute Gasteiger partial charge is 0.342 e. The topological polar surface area (TPSA) is 101 Å². The number of carbonyl (C=O) groups excluding carboxylic acids is 2. The summed E-state index contributed by atoms with van der Waals surface area (Å²) in [6, 6.07) is 10.3. The first kappa shape index (κ1) is 21.3. The molecule has 8 heteroatoms. The van der Waals surface area contributed by atoms with Gasteiger partial charge in [-0.05, 0) is 37.4 Å². The van der Waals surface area contributed by atoms with Gasteiger partial charge in [-0.1, -0.05) is 18.2 Å². The van der Waals surface area contributed by atoms with Crippen LogP contribution in [-0.2, 0) is 9.47 Å². The van der Waals surface area contributed by atoms with Crippen LogP contribution in [0.1, 0.15) is 34.6 Å². The summed E-state index contributed by atoms with van der Waals surface area (Å²) in [7, 11) is 1.51. The summed E-state index contributed by atoms with van der Waals surface area (Å²) >= 11 is 0. The quantitative estimate of drug-likeness (QED) is 0.569. The Balaban J connectivity index is 2.20. The van der Waals surface area contributed by atoms with E-state index >= 15 is 0 Å². The molecule has 3 aromatic rings. The molecule has 0 saturated heterocycles. The highest BCUT2D eigenvalue weighted by Crippen LogP contribution is 2.48. The molecule has 1 aliphatic rings. The van der Waals surface area contributed by atoms with Crippen molar-refractivity contribution in [2.45, 2.75) is 13.8 Å². The Labute approximate surface area is 184 Å². The van der Waals surface area contributed by atoms with Crippen molar-refractivity contribution in [3.8, 4) is 34.1 Å². The second kappa shape index (κ2) is 8.66. The fraction of sp³-hybridized carbons (Fsp3) is 0.250. The third-order valence-corrected chi connectivity index (χ3v) is 5.11. The molecule has 8 nitrogen and oxygen atoms in total. The van der Waals surface area contributed by atoms with E-state index in [1.165, 1.54) is 7.11 Å². The van der Waals surface area contributed by atoms with Crippen molar-refractivity contribution in [2.24, 2.45) is 0 Å². The molecule has 0 aromatic heterocycles. The molecule has 0 radical (unpaired) electrons.